The summed E-state index contributed by atoms with van der Waals surface area (Å²) in [4.78, 5) is 16.8. The van der Waals surface area contributed by atoms with Gasteiger partial charge in [-0.15, -0.1) is 22.7 Å². The smallest absolute Gasteiger partial charge is 0.165 e. The van der Waals surface area contributed by atoms with Crippen LogP contribution >= 0.6 is 22.7 Å². The second kappa shape index (κ2) is 14.9. The first kappa shape index (κ1) is 36.8. The molecule has 13 aromatic rings. The molecular formula is C59H35N3S2. The van der Waals surface area contributed by atoms with Crippen molar-refractivity contribution < 1.29 is 0 Å². The quantitative estimate of drug-likeness (QED) is 0.167. The second-order valence-corrected chi connectivity index (χ2v) is 18.3. The number of benzene rings is 10. The lowest BCUT2D eigenvalue weighted by Crippen LogP contribution is -2.03. The van der Waals surface area contributed by atoms with Crippen molar-refractivity contribution in [2.24, 2.45) is 0 Å². The highest BCUT2D eigenvalue weighted by atomic mass is 32.1. The van der Waals surface area contributed by atoms with E-state index in [1.54, 1.807) is 22.7 Å². The van der Waals surface area contributed by atoms with E-state index >= 15 is 0 Å². The summed E-state index contributed by atoms with van der Waals surface area (Å²) in [6.07, 6.45) is 0. The van der Waals surface area contributed by atoms with Crippen molar-refractivity contribution in [3.63, 3.8) is 0 Å². The third-order valence-corrected chi connectivity index (χ3v) is 15.0. The lowest BCUT2D eigenvalue weighted by molar-refractivity contribution is 1.08. The number of hydrogen-bond donors (Lipinski definition) is 0. The molecule has 13 rings (SSSR count). The van der Waals surface area contributed by atoms with Crippen molar-refractivity contribution in [1.82, 2.24) is 15.0 Å². The summed E-state index contributed by atoms with van der Waals surface area (Å²) in [6, 6.07) is 76.4. The van der Waals surface area contributed by atoms with E-state index < -0.39 is 0 Å². The molecule has 64 heavy (non-hydrogen) atoms. The molecule has 298 valence electrons. The van der Waals surface area contributed by atoms with Crippen molar-refractivity contribution in [2.45, 2.75) is 0 Å². The highest BCUT2D eigenvalue weighted by Crippen LogP contribution is 2.48. The fourth-order valence-corrected chi connectivity index (χ4v) is 12.0. The molecule has 0 amide bonds. The lowest BCUT2D eigenvalue weighted by Gasteiger charge is -2.20. The first-order chi connectivity index (χ1) is 31.7. The number of rotatable bonds is 6. The fourth-order valence-electron chi connectivity index (χ4n) is 9.60. The van der Waals surface area contributed by atoms with E-state index in [1.165, 1.54) is 52.5 Å². The Morgan fingerprint density at radius 1 is 0.266 bits per heavy atom. The van der Waals surface area contributed by atoms with Gasteiger partial charge in [0.05, 0.1) is 0 Å². The Labute approximate surface area is 377 Å². The van der Waals surface area contributed by atoms with Crippen molar-refractivity contribution in [2.75, 3.05) is 0 Å². The molecule has 3 aromatic heterocycles. The molecule has 0 fully saturated rings. The van der Waals surface area contributed by atoms with Gasteiger partial charge in [0.1, 0.15) is 0 Å². The Bertz CT molecular complexity index is 3730. The van der Waals surface area contributed by atoms with E-state index in [1.807, 2.05) is 0 Å². The van der Waals surface area contributed by atoms with Gasteiger partial charge in [-0.3, -0.25) is 0 Å². The summed E-state index contributed by atoms with van der Waals surface area (Å²) >= 11 is 3.59. The average Bonchev–Trinajstić information content (AvgIpc) is 3.95. The Morgan fingerprint density at radius 2 is 0.656 bits per heavy atom. The third-order valence-electron chi connectivity index (χ3n) is 12.6. The Hall–Kier alpha value is -7.83. The predicted molar refractivity (Wildman–Crippen MR) is 273 cm³/mol. The standard InChI is InChI=1S/C59H35N3S2/c1-2-16-36(17-3-1)39-34-50(42-26-12-20-37-18-4-6-22-40(37)42)54(51(35-39)43-27-13-21-38-19-5-7-23-41(38)43)59-61-57(48-30-14-28-46-44-24-8-10-32-52(44)63-55(46)48)60-58(62-59)49-31-15-29-47-45-25-9-11-33-53(45)64-56(47)49/h1-35H. The third kappa shape index (κ3) is 5.97. The topological polar surface area (TPSA) is 38.7 Å². The van der Waals surface area contributed by atoms with Gasteiger partial charge >= 0.3 is 0 Å². The first-order valence-corrected chi connectivity index (χ1v) is 23.1. The van der Waals surface area contributed by atoms with Crippen molar-refractivity contribution in [3.05, 3.63) is 212 Å². The molecule has 10 aromatic carbocycles. The highest BCUT2D eigenvalue weighted by Gasteiger charge is 2.25. The van der Waals surface area contributed by atoms with Crippen LogP contribution in [0.5, 0.6) is 0 Å². The molecule has 0 saturated carbocycles. The van der Waals surface area contributed by atoms with Crippen LogP contribution in [0.2, 0.25) is 0 Å². The van der Waals surface area contributed by atoms with Gasteiger partial charge < -0.3 is 0 Å². The van der Waals surface area contributed by atoms with E-state index in [-0.39, 0.29) is 0 Å². The molecule has 3 heterocycles. The maximum atomic E-state index is 5.67. The minimum atomic E-state index is 0.627. The zero-order chi connectivity index (χ0) is 42.1. The molecule has 0 spiro atoms. The first-order valence-electron chi connectivity index (χ1n) is 21.5. The molecule has 0 N–H and O–H groups in total. The Balaban J connectivity index is 1.20. The molecular weight excluding hydrogens is 815 g/mol. The summed E-state index contributed by atoms with van der Waals surface area (Å²) in [7, 11) is 0. The number of aromatic nitrogens is 3. The fraction of sp³-hybridized carbons (Fsp3) is 0. The SMILES string of the molecule is c1ccc(-c2cc(-c3cccc4ccccc34)c(-c3nc(-c4cccc5c4sc4ccccc45)nc(-c4cccc5c4sc4ccccc45)n3)c(-c3cccc4ccccc34)c2)cc1. The van der Waals surface area contributed by atoms with Gasteiger partial charge in [0.2, 0.25) is 0 Å². The van der Waals surface area contributed by atoms with E-state index in [9.17, 15) is 0 Å². The van der Waals surface area contributed by atoms with Gasteiger partial charge in [0.15, 0.2) is 17.5 Å². The minimum absolute atomic E-state index is 0.627. The molecule has 0 bridgehead atoms. The summed E-state index contributed by atoms with van der Waals surface area (Å²) < 4.78 is 4.80. The summed E-state index contributed by atoms with van der Waals surface area (Å²) in [6.45, 7) is 0. The lowest BCUT2D eigenvalue weighted by atomic mass is 9.84. The Kier molecular flexibility index (Phi) is 8.58. The highest BCUT2D eigenvalue weighted by molar-refractivity contribution is 7.26. The van der Waals surface area contributed by atoms with Gasteiger partial charge in [-0.2, -0.15) is 0 Å². The van der Waals surface area contributed by atoms with Crippen LogP contribution in [0.1, 0.15) is 0 Å². The van der Waals surface area contributed by atoms with Gasteiger partial charge in [-0.05, 0) is 91.3 Å². The summed E-state index contributed by atoms with van der Waals surface area (Å²) in [5.41, 5.74) is 9.57. The normalized spacial score (nSPS) is 11.8. The van der Waals surface area contributed by atoms with Crippen LogP contribution in [0.25, 0.3) is 129 Å². The zero-order valence-corrected chi connectivity index (χ0v) is 36.0. The summed E-state index contributed by atoms with van der Waals surface area (Å²) in [5, 5.41) is 9.56. The zero-order valence-electron chi connectivity index (χ0n) is 34.4. The monoisotopic (exact) mass is 849 g/mol. The molecule has 0 aliphatic heterocycles. The van der Waals surface area contributed by atoms with Crippen LogP contribution in [0, 0.1) is 0 Å². The van der Waals surface area contributed by atoms with Crippen LogP contribution in [0.15, 0.2) is 212 Å². The van der Waals surface area contributed by atoms with Crippen molar-refractivity contribution >= 4 is 84.6 Å². The maximum absolute atomic E-state index is 5.67. The van der Waals surface area contributed by atoms with E-state index in [2.05, 4.69) is 212 Å². The molecule has 0 aliphatic rings. The molecule has 0 unspecified atom stereocenters. The van der Waals surface area contributed by atoms with Gasteiger partial charge in [-0.25, -0.2) is 15.0 Å². The van der Waals surface area contributed by atoms with Gasteiger partial charge in [0, 0.05) is 57.0 Å². The largest absolute Gasteiger partial charge is 0.208 e. The van der Waals surface area contributed by atoms with E-state index in [4.69, 9.17) is 15.0 Å². The number of nitrogens with zero attached hydrogens (tertiary/aromatic N) is 3. The number of fused-ring (bicyclic) bond motifs is 8. The molecule has 0 atom stereocenters. The van der Waals surface area contributed by atoms with Crippen LogP contribution in [0.3, 0.4) is 0 Å². The van der Waals surface area contributed by atoms with E-state index in [0.717, 1.165) is 59.5 Å². The van der Waals surface area contributed by atoms with Crippen molar-refractivity contribution in [1.29, 1.82) is 0 Å². The Morgan fingerprint density at radius 3 is 1.19 bits per heavy atom. The average molecular weight is 850 g/mol. The van der Waals surface area contributed by atoms with Crippen LogP contribution < -0.4 is 0 Å². The predicted octanol–water partition coefficient (Wildman–Crippen LogP) is 16.9. The summed E-state index contributed by atoms with van der Waals surface area (Å²) in [5.74, 6) is 1.92. The van der Waals surface area contributed by atoms with Gasteiger partial charge in [-0.1, -0.05) is 176 Å². The minimum Gasteiger partial charge on any atom is -0.208 e. The van der Waals surface area contributed by atoms with E-state index in [0.29, 0.717) is 17.5 Å². The number of thiophene rings is 2. The van der Waals surface area contributed by atoms with Crippen molar-refractivity contribution in [3.8, 4) is 67.5 Å². The van der Waals surface area contributed by atoms with Crippen LogP contribution in [0.4, 0.5) is 0 Å². The second-order valence-electron chi connectivity index (χ2n) is 16.2. The van der Waals surface area contributed by atoms with Gasteiger partial charge in [0.25, 0.3) is 0 Å². The molecule has 0 saturated heterocycles. The molecule has 0 radical (unpaired) electrons. The molecule has 3 nitrogen and oxygen atoms in total. The molecule has 5 heteroatoms. The molecule has 0 aliphatic carbocycles. The maximum Gasteiger partial charge on any atom is 0.165 e. The van der Waals surface area contributed by atoms with Crippen LogP contribution in [-0.4, -0.2) is 15.0 Å². The number of hydrogen-bond acceptors (Lipinski definition) is 5. The van der Waals surface area contributed by atoms with Crippen LogP contribution in [-0.2, 0) is 0 Å².